The predicted molar refractivity (Wildman–Crippen MR) is 106 cm³/mol. The van der Waals surface area contributed by atoms with Gasteiger partial charge >= 0.3 is 0 Å². The monoisotopic (exact) mass is 390 g/mol. The van der Waals surface area contributed by atoms with Gasteiger partial charge in [0.1, 0.15) is 18.2 Å². The van der Waals surface area contributed by atoms with Crippen LogP contribution in [0.25, 0.3) is 0 Å². The van der Waals surface area contributed by atoms with Gasteiger partial charge in [0.25, 0.3) is 5.91 Å². The van der Waals surface area contributed by atoms with Crippen LogP contribution in [0, 0.1) is 5.82 Å². The minimum atomic E-state index is -0.568. The highest BCUT2D eigenvalue weighted by Gasteiger charge is 2.34. The summed E-state index contributed by atoms with van der Waals surface area (Å²) < 4.78 is 19.6. The van der Waals surface area contributed by atoms with Crippen LogP contribution in [-0.4, -0.2) is 23.3 Å². The van der Waals surface area contributed by atoms with Gasteiger partial charge in [0.05, 0.1) is 6.04 Å². The van der Waals surface area contributed by atoms with Crippen LogP contribution in [0.15, 0.2) is 72.8 Å². The third-order valence-electron chi connectivity index (χ3n) is 5.01. The number of halogens is 1. The number of nitrogens with zero attached hydrogens (tertiary/aromatic N) is 1. The van der Waals surface area contributed by atoms with Crippen LogP contribution in [0.1, 0.15) is 37.9 Å². The maximum absolute atomic E-state index is 13.9. The molecule has 1 aliphatic heterocycles. The molecule has 2 amide bonds. The molecule has 0 radical (unpaired) electrons. The number of nitrogens with two attached hydrogens (primary N) is 1. The molecule has 0 saturated carbocycles. The first-order valence-electron chi connectivity index (χ1n) is 9.20. The molecule has 3 aromatic carbocycles. The summed E-state index contributed by atoms with van der Waals surface area (Å²) in [5, 5.41) is 0. The van der Waals surface area contributed by atoms with E-state index >= 15 is 0 Å². The Morgan fingerprint density at radius 2 is 1.76 bits per heavy atom. The summed E-state index contributed by atoms with van der Waals surface area (Å²) in [5.41, 5.74) is 7.57. The summed E-state index contributed by atoms with van der Waals surface area (Å²) in [4.78, 5) is 26.8. The molecule has 0 fully saturated rings. The number of ether oxygens (including phenoxy) is 1. The van der Waals surface area contributed by atoms with E-state index in [0.717, 1.165) is 0 Å². The summed E-state index contributed by atoms with van der Waals surface area (Å²) in [7, 11) is 0. The quantitative estimate of drug-likeness (QED) is 0.722. The van der Waals surface area contributed by atoms with E-state index in [0.29, 0.717) is 28.0 Å². The predicted octanol–water partition coefficient (Wildman–Crippen LogP) is 3.70. The Hall–Kier alpha value is -3.67. The van der Waals surface area contributed by atoms with Crippen molar-refractivity contribution in [3.05, 3.63) is 101 Å². The van der Waals surface area contributed by atoms with E-state index in [1.165, 1.54) is 12.1 Å². The molecule has 1 aliphatic rings. The Bertz CT molecular complexity index is 1070. The van der Waals surface area contributed by atoms with Gasteiger partial charge in [0.15, 0.2) is 0 Å². The van der Waals surface area contributed by atoms with E-state index in [4.69, 9.17) is 10.5 Å². The molecule has 1 atom stereocenters. The van der Waals surface area contributed by atoms with E-state index in [2.05, 4.69) is 0 Å². The second-order valence-electron chi connectivity index (χ2n) is 6.83. The molecule has 29 heavy (non-hydrogen) atoms. The van der Waals surface area contributed by atoms with Gasteiger partial charge in [-0.2, -0.15) is 0 Å². The second kappa shape index (κ2) is 7.75. The lowest BCUT2D eigenvalue weighted by molar-refractivity contribution is 0.0628. The van der Waals surface area contributed by atoms with Crippen molar-refractivity contribution < 1.29 is 18.7 Å². The SMILES string of the molecule is NC(=O)c1ccccc1CN(C(=O)c1ccccc1)C1COc2ccc(F)cc21. The van der Waals surface area contributed by atoms with E-state index < -0.39 is 17.8 Å². The summed E-state index contributed by atoms with van der Waals surface area (Å²) in [6.07, 6.45) is 0. The molecule has 0 bridgehead atoms. The van der Waals surface area contributed by atoms with Gasteiger partial charge in [-0.3, -0.25) is 9.59 Å². The summed E-state index contributed by atoms with van der Waals surface area (Å²) in [6, 6.07) is 19.5. The summed E-state index contributed by atoms with van der Waals surface area (Å²) in [5.74, 6) is -0.660. The van der Waals surface area contributed by atoms with E-state index in [1.807, 2.05) is 6.07 Å². The first kappa shape index (κ1) is 18.7. The average molecular weight is 390 g/mol. The molecule has 0 spiro atoms. The largest absolute Gasteiger partial charge is 0.491 e. The average Bonchev–Trinajstić information content (AvgIpc) is 3.15. The van der Waals surface area contributed by atoms with Crippen molar-refractivity contribution in [3.63, 3.8) is 0 Å². The van der Waals surface area contributed by atoms with Gasteiger partial charge in [-0.05, 0) is 42.0 Å². The van der Waals surface area contributed by atoms with Crippen LogP contribution in [0.3, 0.4) is 0 Å². The van der Waals surface area contributed by atoms with Crippen LogP contribution in [-0.2, 0) is 6.54 Å². The fourth-order valence-electron chi connectivity index (χ4n) is 3.58. The van der Waals surface area contributed by atoms with Crippen LogP contribution in [0.4, 0.5) is 4.39 Å². The summed E-state index contributed by atoms with van der Waals surface area (Å²) >= 11 is 0. The normalized spacial score (nSPS) is 14.7. The molecular formula is C23H19FN2O3. The number of hydrogen-bond acceptors (Lipinski definition) is 3. The Labute approximate surface area is 167 Å². The summed E-state index contributed by atoms with van der Waals surface area (Å²) in [6.45, 7) is 0.340. The van der Waals surface area contributed by atoms with E-state index in [1.54, 1.807) is 59.5 Å². The number of carbonyl (C=O) groups is 2. The number of primary amides is 1. The van der Waals surface area contributed by atoms with Crippen LogP contribution < -0.4 is 10.5 Å². The molecular weight excluding hydrogens is 371 g/mol. The lowest BCUT2D eigenvalue weighted by Gasteiger charge is -2.29. The fraction of sp³-hybridized carbons (Fsp3) is 0.130. The number of hydrogen-bond donors (Lipinski definition) is 1. The van der Waals surface area contributed by atoms with E-state index in [9.17, 15) is 14.0 Å². The molecule has 1 heterocycles. The smallest absolute Gasteiger partial charge is 0.254 e. The third-order valence-corrected chi connectivity index (χ3v) is 5.01. The van der Waals surface area contributed by atoms with Gasteiger partial charge in [0.2, 0.25) is 5.91 Å². The Morgan fingerprint density at radius 3 is 2.52 bits per heavy atom. The molecule has 2 N–H and O–H groups in total. The fourth-order valence-corrected chi connectivity index (χ4v) is 3.58. The maximum atomic E-state index is 13.9. The molecule has 4 rings (SSSR count). The first-order valence-corrected chi connectivity index (χ1v) is 9.20. The molecule has 0 aliphatic carbocycles. The Morgan fingerprint density at radius 1 is 1.03 bits per heavy atom. The van der Waals surface area contributed by atoms with Crippen LogP contribution >= 0.6 is 0 Å². The van der Waals surface area contributed by atoms with Crippen molar-refractivity contribution in [3.8, 4) is 5.75 Å². The Balaban J connectivity index is 1.77. The molecule has 3 aromatic rings. The highest BCUT2D eigenvalue weighted by molar-refractivity contribution is 5.96. The molecule has 0 saturated heterocycles. The van der Waals surface area contributed by atoms with Crippen molar-refractivity contribution in [2.45, 2.75) is 12.6 Å². The van der Waals surface area contributed by atoms with Gasteiger partial charge < -0.3 is 15.4 Å². The Kier molecular flexibility index (Phi) is 4.99. The number of rotatable bonds is 5. The zero-order valence-electron chi connectivity index (χ0n) is 15.5. The van der Waals surface area contributed by atoms with Crippen molar-refractivity contribution in [2.75, 3.05) is 6.61 Å². The highest BCUT2D eigenvalue weighted by Crippen LogP contribution is 2.38. The number of amides is 2. The molecule has 0 aromatic heterocycles. The zero-order valence-corrected chi connectivity index (χ0v) is 15.5. The minimum Gasteiger partial charge on any atom is -0.491 e. The minimum absolute atomic E-state index is 0.136. The molecule has 6 heteroatoms. The lowest BCUT2D eigenvalue weighted by atomic mass is 10.0. The molecule has 146 valence electrons. The second-order valence-corrected chi connectivity index (χ2v) is 6.83. The van der Waals surface area contributed by atoms with Crippen molar-refractivity contribution in [1.82, 2.24) is 4.90 Å². The standard InChI is InChI=1S/C23H19FN2O3/c24-17-10-11-21-19(12-17)20(14-29-21)26(23(28)15-6-2-1-3-7-15)13-16-8-4-5-9-18(16)22(25)27/h1-12,20H,13-14H2,(H2,25,27). The number of benzene rings is 3. The zero-order chi connectivity index (χ0) is 20.4. The highest BCUT2D eigenvalue weighted by atomic mass is 19.1. The molecule has 1 unspecified atom stereocenters. The topological polar surface area (TPSA) is 72.6 Å². The van der Waals surface area contributed by atoms with Gasteiger partial charge in [-0.25, -0.2) is 4.39 Å². The van der Waals surface area contributed by atoms with Crippen molar-refractivity contribution in [1.29, 1.82) is 0 Å². The third kappa shape index (κ3) is 3.69. The maximum Gasteiger partial charge on any atom is 0.254 e. The van der Waals surface area contributed by atoms with Crippen LogP contribution in [0.2, 0.25) is 0 Å². The van der Waals surface area contributed by atoms with Gasteiger partial charge in [0, 0.05) is 23.2 Å². The van der Waals surface area contributed by atoms with Crippen LogP contribution in [0.5, 0.6) is 5.75 Å². The number of fused-ring (bicyclic) bond motifs is 1. The van der Waals surface area contributed by atoms with Gasteiger partial charge in [-0.1, -0.05) is 36.4 Å². The first-order chi connectivity index (χ1) is 14.0. The lowest BCUT2D eigenvalue weighted by Crippen LogP contribution is -2.36. The van der Waals surface area contributed by atoms with E-state index in [-0.39, 0.29) is 19.1 Å². The molecule has 5 nitrogen and oxygen atoms in total. The number of carbonyl (C=O) groups excluding carboxylic acids is 2. The van der Waals surface area contributed by atoms with Crippen molar-refractivity contribution in [2.24, 2.45) is 5.73 Å². The van der Waals surface area contributed by atoms with Crippen molar-refractivity contribution >= 4 is 11.8 Å². The van der Waals surface area contributed by atoms with Gasteiger partial charge in [-0.15, -0.1) is 0 Å².